The minimum absolute atomic E-state index is 0.894. The molecule has 1 aromatic carbocycles. The molecule has 0 amide bonds. The van der Waals surface area contributed by atoms with Crippen LogP contribution in [0.25, 0.3) is 11.0 Å². The number of aromatic amines is 1. The van der Waals surface area contributed by atoms with Gasteiger partial charge in [-0.1, -0.05) is 30.3 Å². The zero-order valence-corrected chi connectivity index (χ0v) is 10.3. The van der Waals surface area contributed by atoms with Gasteiger partial charge in [-0.2, -0.15) is 0 Å². The maximum absolute atomic E-state index is 4.31. The Labute approximate surface area is 106 Å². The average molecular weight is 237 g/mol. The van der Waals surface area contributed by atoms with Crippen molar-refractivity contribution < 1.29 is 0 Å². The van der Waals surface area contributed by atoms with Crippen molar-refractivity contribution in [2.75, 3.05) is 11.9 Å². The fraction of sp³-hybridized carbons (Fsp3) is 0.133. The first-order valence-corrected chi connectivity index (χ1v) is 6.02. The Bertz CT molecular complexity index is 643. The van der Waals surface area contributed by atoms with E-state index in [0.717, 1.165) is 17.6 Å². The third-order valence-electron chi connectivity index (χ3n) is 3.11. The van der Waals surface area contributed by atoms with Crippen LogP contribution in [0.5, 0.6) is 0 Å². The highest BCUT2D eigenvalue weighted by molar-refractivity contribution is 5.89. The van der Waals surface area contributed by atoms with Crippen molar-refractivity contribution in [1.82, 2.24) is 9.97 Å². The number of nitrogens with zero attached hydrogens (tertiary/aromatic N) is 2. The summed E-state index contributed by atoms with van der Waals surface area (Å²) in [4.78, 5) is 9.69. The van der Waals surface area contributed by atoms with Crippen molar-refractivity contribution in [3.63, 3.8) is 0 Å². The zero-order chi connectivity index (χ0) is 12.4. The molecule has 3 nitrogen and oxygen atoms in total. The van der Waals surface area contributed by atoms with E-state index in [-0.39, 0.29) is 0 Å². The standard InChI is InChI=1S/C15H15N3/c1-18(11-12-5-3-2-4-6-12)14-8-10-17-15-13(14)7-9-16-15/h2-10H,11H2,1H3,(H,16,17). The lowest BCUT2D eigenvalue weighted by Crippen LogP contribution is -2.16. The van der Waals surface area contributed by atoms with E-state index in [1.807, 2.05) is 18.5 Å². The molecule has 0 aliphatic heterocycles. The molecule has 0 saturated carbocycles. The smallest absolute Gasteiger partial charge is 0.139 e. The summed E-state index contributed by atoms with van der Waals surface area (Å²) in [5.74, 6) is 0. The molecule has 2 aromatic heterocycles. The van der Waals surface area contributed by atoms with Crippen LogP contribution < -0.4 is 4.90 Å². The number of anilines is 1. The van der Waals surface area contributed by atoms with E-state index >= 15 is 0 Å². The van der Waals surface area contributed by atoms with E-state index in [2.05, 4.69) is 58.3 Å². The molecular formula is C15H15N3. The predicted molar refractivity (Wildman–Crippen MR) is 74.6 cm³/mol. The Morgan fingerprint density at radius 1 is 1.11 bits per heavy atom. The van der Waals surface area contributed by atoms with Gasteiger partial charge in [-0.15, -0.1) is 0 Å². The summed E-state index contributed by atoms with van der Waals surface area (Å²) in [7, 11) is 2.11. The molecule has 3 aromatic rings. The summed E-state index contributed by atoms with van der Waals surface area (Å²) in [6.45, 7) is 0.894. The molecule has 0 bridgehead atoms. The molecular weight excluding hydrogens is 222 g/mol. The van der Waals surface area contributed by atoms with Crippen molar-refractivity contribution in [3.05, 3.63) is 60.4 Å². The van der Waals surface area contributed by atoms with E-state index in [1.54, 1.807) is 0 Å². The summed E-state index contributed by atoms with van der Waals surface area (Å²) in [5, 5.41) is 1.16. The number of hydrogen-bond donors (Lipinski definition) is 1. The van der Waals surface area contributed by atoms with Crippen LogP contribution in [0.4, 0.5) is 5.69 Å². The zero-order valence-electron chi connectivity index (χ0n) is 10.3. The molecule has 0 atom stereocenters. The lowest BCUT2D eigenvalue weighted by molar-refractivity contribution is 0.927. The summed E-state index contributed by atoms with van der Waals surface area (Å²) in [6.07, 6.45) is 3.77. The summed E-state index contributed by atoms with van der Waals surface area (Å²) < 4.78 is 0. The van der Waals surface area contributed by atoms with Crippen molar-refractivity contribution in [2.45, 2.75) is 6.54 Å². The minimum atomic E-state index is 0.894. The quantitative estimate of drug-likeness (QED) is 0.758. The molecule has 3 rings (SSSR count). The molecule has 0 unspecified atom stereocenters. The number of pyridine rings is 1. The number of aromatic nitrogens is 2. The number of hydrogen-bond acceptors (Lipinski definition) is 2. The Morgan fingerprint density at radius 3 is 2.78 bits per heavy atom. The van der Waals surface area contributed by atoms with Gasteiger partial charge in [0.25, 0.3) is 0 Å². The monoisotopic (exact) mass is 237 g/mol. The van der Waals surface area contributed by atoms with E-state index in [0.29, 0.717) is 0 Å². The number of nitrogens with one attached hydrogen (secondary N) is 1. The van der Waals surface area contributed by atoms with Crippen LogP contribution in [0, 0.1) is 0 Å². The number of fused-ring (bicyclic) bond motifs is 1. The second kappa shape index (κ2) is 4.53. The predicted octanol–water partition coefficient (Wildman–Crippen LogP) is 3.20. The van der Waals surface area contributed by atoms with Gasteiger partial charge in [0.05, 0.1) is 0 Å². The van der Waals surface area contributed by atoms with Crippen LogP contribution in [-0.2, 0) is 6.54 Å². The highest BCUT2D eigenvalue weighted by atomic mass is 15.1. The number of benzene rings is 1. The highest BCUT2D eigenvalue weighted by Gasteiger charge is 2.07. The van der Waals surface area contributed by atoms with E-state index in [9.17, 15) is 0 Å². The van der Waals surface area contributed by atoms with Gasteiger partial charge in [0.2, 0.25) is 0 Å². The van der Waals surface area contributed by atoms with Crippen LogP contribution >= 0.6 is 0 Å². The Morgan fingerprint density at radius 2 is 1.94 bits per heavy atom. The number of H-pyrrole nitrogens is 1. The van der Waals surface area contributed by atoms with Crippen molar-refractivity contribution in [2.24, 2.45) is 0 Å². The highest BCUT2D eigenvalue weighted by Crippen LogP contribution is 2.24. The van der Waals surface area contributed by atoms with Crippen LogP contribution in [0.15, 0.2) is 54.9 Å². The van der Waals surface area contributed by atoms with E-state index < -0.39 is 0 Å². The molecule has 0 aliphatic rings. The van der Waals surface area contributed by atoms with Gasteiger partial charge in [0, 0.05) is 37.1 Å². The van der Waals surface area contributed by atoms with Crippen LogP contribution in [-0.4, -0.2) is 17.0 Å². The normalized spacial score (nSPS) is 10.7. The SMILES string of the molecule is CN(Cc1ccccc1)c1ccnc2[nH]ccc12. The molecule has 2 heterocycles. The van der Waals surface area contributed by atoms with Gasteiger partial charge >= 0.3 is 0 Å². The van der Waals surface area contributed by atoms with Gasteiger partial charge in [0.1, 0.15) is 5.65 Å². The third-order valence-corrected chi connectivity index (χ3v) is 3.11. The van der Waals surface area contributed by atoms with Crippen LogP contribution in [0.1, 0.15) is 5.56 Å². The van der Waals surface area contributed by atoms with Crippen molar-refractivity contribution >= 4 is 16.7 Å². The summed E-state index contributed by atoms with van der Waals surface area (Å²) in [5.41, 5.74) is 3.44. The Kier molecular flexibility index (Phi) is 2.73. The molecule has 3 heteroatoms. The fourth-order valence-corrected chi connectivity index (χ4v) is 2.22. The van der Waals surface area contributed by atoms with Gasteiger partial charge in [-0.05, 0) is 17.7 Å². The summed E-state index contributed by atoms with van der Waals surface area (Å²) >= 11 is 0. The fourth-order valence-electron chi connectivity index (χ4n) is 2.22. The van der Waals surface area contributed by atoms with Gasteiger partial charge < -0.3 is 9.88 Å². The van der Waals surface area contributed by atoms with Gasteiger partial charge in [0.15, 0.2) is 0 Å². The first kappa shape index (κ1) is 10.8. The minimum Gasteiger partial charge on any atom is -0.370 e. The van der Waals surface area contributed by atoms with E-state index in [1.165, 1.54) is 11.3 Å². The molecule has 0 aliphatic carbocycles. The van der Waals surface area contributed by atoms with Gasteiger partial charge in [-0.25, -0.2) is 4.98 Å². The van der Waals surface area contributed by atoms with E-state index in [4.69, 9.17) is 0 Å². The van der Waals surface area contributed by atoms with Crippen LogP contribution in [0.3, 0.4) is 0 Å². The maximum atomic E-state index is 4.31. The van der Waals surface area contributed by atoms with Crippen molar-refractivity contribution in [1.29, 1.82) is 0 Å². The second-order valence-electron chi connectivity index (χ2n) is 4.41. The maximum Gasteiger partial charge on any atom is 0.139 e. The van der Waals surface area contributed by atoms with Crippen molar-refractivity contribution in [3.8, 4) is 0 Å². The molecule has 90 valence electrons. The lowest BCUT2D eigenvalue weighted by Gasteiger charge is -2.20. The molecule has 1 N–H and O–H groups in total. The molecule has 0 radical (unpaired) electrons. The number of rotatable bonds is 3. The molecule has 0 fully saturated rings. The largest absolute Gasteiger partial charge is 0.370 e. The molecule has 18 heavy (non-hydrogen) atoms. The first-order valence-electron chi connectivity index (χ1n) is 6.02. The third kappa shape index (κ3) is 1.95. The van der Waals surface area contributed by atoms with Gasteiger partial charge in [-0.3, -0.25) is 0 Å². The first-order chi connectivity index (χ1) is 8.84. The molecule has 0 spiro atoms. The van der Waals surface area contributed by atoms with Crippen LogP contribution in [0.2, 0.25) is 0 Å². The Balaban J connectivity index is 1.92. The summed E-state index contributed by atoms with van der Waals surface area (Å²) in [6, 6.07) is 14.6. The second-order valence-corrected chi connectivity index (χ2v) is 4.41. The topological polar surface area (TPSA) is 31.9 Å². The molecule has 0 saturated heterocycles. The average Bonchev–Trinajstić information content (AvgIpc) is 2.87. The Hall–Kier alpha value is -2.29. The lowest BCUT2D eigenvalue weighted by atomic mass is 10.2.